The van der Waals surface area contributed by atoms with Crippen molar-refractivity contribution in [1.29, 1.82) is 0 Å². The second kappa shape index (κ2) is 11.1. The van der Waals surface area contributed by atoms with Crippen molar-refractivity contribution < 1.29 is 19.4 Å². The molecular formula is C30H31N3O4S. The summed E-state index contributed by atoms with van der Waals surface area (Å²) < 4.78 is 13.1. The van der Waals surface area contributed by atoms with Crippen LogP contribution >= 0.6 is 11.3 Å². The Labute approximate surface area is 225 Å². The van der Waals surface area contributed by atoms with Crippen molar-refractivity contribution in [3.05, 3.63) is 88.0 Å². The van der Waals surface area contributed by atoms with Gasteiger partial charge in [-0.15, -0.1) is 11.3 Å². The van der Waals surface area contributed by atoms with Gasteiger partial charge >= 0.3 is 0 Å². The van der Waals surface area contributed by atoms with Gasteiger partial charge in [-0.1, -0.05) is 30.3 Å². The van der Waals surface area contributed by atoms with E-state index in [0.29, 0.717) is 29.0 Å². The molecule has 8 heteroatoms. The average molecular weight is 530 g/mol. The van der Waals surface area contributed by atoms with Gasteiger partial charge in [0.15, 0.2) is 4.80 Å². The third kappa shape index (κ3) is 5.60. The topological polar surface area (TPSA) is 99.1 Å². The van der Waals surface area contributed by atoms with Crippen LogP contribution in [0.2, 0.25) is 0 Å². The van der Waals surface area contributed by atoms with Gasteiger partial charge in [0, 0.05) is 23.6 Å². The fourth-order valence-electron chi connectivity index (χ4n) is 4.87. The van der Waals surface area contributed by atoms with Gasteiger partial charge in [0.25, 0.3) is 5.91 Å². The van der Waals surface area contributed by atoms with Crippen molar-refractivity contribution in [2.45, 2.75) is 25.8 Å². The summed E-state index contributed by atoms with van der Waals surface area (Å²) in [6.07, 6.45) is 3.34. The Hall–Kier alpha value is -4.04. The number of ether oxygens (including phenoxy) is 2. The molecule has 0 radical (unpaired) electrons. The summed E-state index contributed by atoms with van der Waals surface area (Å²) in [5.74, 6) is 1.89. The summed E-state index contributed by atoms with van der Waals surface area (Å²) in [4.78, 5) is 17.7. The number of benzene rings is 3. The summed E-state index contributed by atoms with van der Waals surface area (Å²) in [5, 5.41) is 12.1. The molecule has 1 amide bonds. The highest BCUT2D eigenvalue weighted by Gasteiger charge is 2.36. The van der Waals surface area contributed by atoms with E-state index >= 15 is 0 Å². The molecule has 2 atom stereocenters. The zero-order chi connectivity index (χ0) is 26.6. The molecule has 0 aliphatic heterocycles. The third-order valence-electron chi connectivity index (χ3n) is 7.09. The molecule has 1 heterocycles. The van der Waals surface area contributed by atoms with Crippen LogP contribution in [-0.4, -0.2) is 29.8 Å². The molecule has 3 N–H and O–H groups in total. The quantitative estimate of drug-likeness (QED) is 0.282. The molecule has 0 spiro atoms. The van der Waals surface area contributed by atoms with Crippen LogP contribution in [0.4, 0.5) is 5.69 Å². The lowest BCUT2D eigenvalue weighted by Crippen LogP contribution is -2.17. The second-order valence-corrected chi connectivity index (χ2v) is 10.4. The molecule has 1 aliphatic carbocycles. The number of amides is 1. The van der Waals surface area contributed by atoms with Crippen LogP contribution in [0.1, 0.15) is 28.8 Å². The van der Waals surface area contributed by atoms with Crippen LogP contribution in [0.25, 0.3) is 11.3 Å². The van der Waals surface area contributed by atoms with Crippen molar-refractivity contribution in [1.82, 2.24) is 4.57 Å². The molecule has 3 aromatic carbocycles. The molecule has 1 aromatic heterocycles. The summed E-state index contributed by atoms with van der Waals surface area (Å²) in [5.41, 5.74) is 9.36. The SMILES string of the molecule is COc1ccc(OC)c(N=c2scc(-c3ccc(O)c(C(N)=O)c3)n2CC[C@@H]2C[C@H]2Cc2ccccc2)c1. The van der Waals surface area contributed by atoms with Crippen molar-refractivity contribution >= 4 is 22.9 Å². The van der Waals surface area contributed by atoms with E-state index in [2.05, 4.69) is 34.9 Å². The standard InChI is InChI=1S/C30H31N3O4S/c1-36-23-9-11-28(37-2)25(17-23)32-30-33(13-12-20-15-22(20)14-19-6-4-3-5-7-19)26(18-38-30)21-8-10-27(34)24(16-21)29(31)35/h3-11,16-18,20,22,34H,12-15H2,1-2H3,(H2,31,35)/t20-,22-/m1/s1. The number of primary amides is 1. The van der Waals surface area contributed by atoms with Crippen molar-refractivity contribution in [2.75, 3.05) is 14.2 Å². The minimum atomic E-state index is -0.668. The number of aromatic nitrogens is 1. The molecule has 7 nitrogen and oxygen atoms in total. The van der Waals surface area contributed by atoms with Crippen LogP contribution in [0, 0.1) is 11.8 Å². The minimum absolute atomic E-state index is 0.0957. The Morgan fingerprint density at radius 1 is 1.08 bits per heavy atom. The van der Waals surface area contributed by atoms with E-state index < -0.39 is 5.91 Å². The lowest BCUT2D eigenvalue weighted by molar-refractivity contribution is 0.0998. The molecule has 196 valence electrons. The lowest BCUT2D eigenvalue weighted by Gasteiger charge is -2.11. The molecular weight excluding hydrogens is 498 g/mol. The Bertz CT molecular complexity index is 1510. The maximum absolute atomic E-state index is 11.9. The van der Waals surface area contributed by atoms with E-state index in [1.54, 1.807) is 26.4 Å². The maximum atomic E-state index is 11.9. The van der Waals surface area contributed by atoms with Crippen LogP contribution in [-0.2, 0) is 13.0 Å². The number of hydrogen-bond acceptors (Lipinski definition) is 6. The third-order valence-corrected chi connectivity index (χ3v) is 7.95. The number of nitrogens with two attached hydrogens (primary N) is 1. The summed E-state index contributed by atoms with van der Waals surface area (Å²) in [7, 11) is 3.24. The number of rotatable bonds is 10. The van der Waals surface area contributed by atoms with E-state index in [0.717, 1.165) is 35.4 Å². The highest BCUT2D eigenvalue weighted by Crippen LogP contribution is 2.44. The highest BCUT2D eigenvalue weighted by atomic mass is 32.1. The molecule has 5 rings (SSSR count). The van der Waals surface area contributed by atoms with E-state index in [-0.39, 0.29) is 11.3 Å². The van der Waals surface area contributed by atoms with Crippen LogP contribution in [0.5, 0.6) is 17.2 Å². The van der Waals surface area contributed by atoms with Gasteiger partial charge in [0.1, 0.15) is 22.9 Å². The number of thiazole rings is 1. The Morgan fingerprint density at radius 3 is 2.63 bits per heavy atom. The number of carbonyl (C=O) groups is 1. The molecule has 4 aromatic rings. The first-order valence-corrected chi connectivity index (χ1v) is 13.5. The smallest absolute Gasteiger partial charge is 0.252 e. The molecule has 0 unspecified atom stereocenters. The number of methoxy groups -OCH3 is 2. The van der Waals surface area contributed by atoms with E-state index in [4.69, 9.17) is 20.2 Å². The van der Waals surface area contributed by atoms with Gasteiger partial charge in [0.05, 0.1) is 25.5 Å². The van der Waals surface area contributed by atoms with Crippen molar-refractivity contribution in [2.24, 2.45) is 22.6 Å². The van der Waals surface area contributed by atoms with E-state index in [9.17, 15) is 9.90 Å². The van der Waals surface area contributed by atoms with Crippen molar-refractivity contribution in [3.63, 3.8) is 0 Å². The summed E-state index contributed by atoms with van der Waals surface area (Å²) >= 11 is 1.51. The lowest BCUT2D eigenvalue weighted by atomic mass is 10.1. The first kappa shape index (κ1) is 25.6. The Balaban J connectivity index is 1.49. The van der Waals surface area contributed by atoms with Gasteiger partial charge in [-0.2, -0.15) is 0 Å². The van der Waals surface area contributed by atoms with Gasteiger partial charge < -0.3 is 24.9 Å². The molecule has 1 saturated carbocycles. The highest BCUT2D eigenvalue weighted by molar-refractivity contribution is 7.07. The molecule has 1 aliphatic rings. The largest absolute Gasteiger partial charge is 0.507 e. The van der Waals surface area contributed by atoms with Gasteiger partial charge in [0.2, 0.25) is 0 Å². The van der Waals surface area contributed by atoms with E-state index in [1.807, 2.05) is 23.6 Å². The number of phenols is 1. The second-order valence-electron chi connectivity index (χ2n) is 9.54. The van der Waals surface area contributed by atoms with Crippen LogP contribution in [0.15, 0.2) is 77.1 Å². The summed E-state index contributed by atoms with van der Waals surface area (Å²) in [6.45, 7) is 0.771. The van der Waals surface area contributed by atoms with Gasteiger partial charge in [-0.05, 0) is 67.0 Å². The molecule has 1 fully saturated rings. The molecule has 0 saturated heterocycles. The predicted molar refractivity (Wildman–Crippen MR) is 149 cm³/mol. The fraction of sp³-hybridized carbons (Fsp3) is 0.267. The predicted octanol–water partition coefficient (Wildman–Crippen LogP) is 5.54. The van der Waals surface area contributed by atoms with Crippen molar-refractivity contribution in [3.8, 4) is 28.5 Å². The zero-order valence-electron chi connectivity index (χ0n) is 21.5. The van der Waals surface area contributed by atoms with Crippen LogP contribution in [0.3, 0.4) is 0 Å². The zero-order valence-corrected chi connectivity index (χ0v) is 22.3. The van der Waals surface area contributed by atoms with Gasteiger partial charge in [-0.3, -0.25) is 4.79 Å². The Kier molecular flexibility index (Phi) is 7.51. The van der Waals surface area contributed by atoms with Gasteiger partial charge in [-0.25, -0.2) is 4.99 Å². The first-order valence-electron chi connectivity index (χ1n) is 12.6. The average Bonchev–Trinajstić information content (AvgIpc) is 3.55. The first-order chi connectivity index (χ1) is 18.5. The fourth-order valence-corrected chi connectivity index (χ4v) is 5.82. The number of nitrogens with zero attached hydrogens (tertiary/aromatic N) is 2. The molecule has 38 heavy (non-hydrogen) atoms. The number of hydrogen-bond donors (Lipinski definition) is 2. The number of carbonyl (C=O) groups excluding carboxylic acids is 1. The number of aromatic hydroxyl groups is 1. The molecule has 0 bridgehead atoms. The maximum Gasteiger partial charge on any atom is 0.252 e. The monoisotopic (exact) mass is 529 g/mol. The minimum Gasteiger partial charge on any atom is -0.507 e. The normalized spacial score (nSPS) is 16.8. The van der Waals surface area contributed by atoms with Crippen LogP contribution < -0.4 is 20.0 Å². The summed E-state index contributed by atoms with van der Waals surface area (Å²) in [6, 6.07) is 21.1. The Morgan fingerprint density at radius 2 is 1.89 bits per heavy atom. The van der Waals surface area contributed by atoms with E-state index in [1.165, 1.54) is 29.4 Å².